The second kappa shape index (κ2) is 5.83. The summed E-state index contributed by atoms with van der Waals surface area (Å²) in [5.74, 6) is -0.406. The summed E-state index contributed by atoms with van der Waals surface area (Å²) in [6.07, 6.45) is 2.76. The fraction of sp³-hybridized carbons (Fsp3) is 0.533. The SMILES string of the molecule is O=C1Nc2cc(N3CCCC3CCCO)c(Cl)cc2C1O. The average Bonchev–Trinajstić information content (AvgIpc) is 3.03. The molecule has 0 aliphatic carbocycles. The van der Waals surface area contributed by atoms with Gasteiger partial charge in [0, 0.05) is 30.4 Å². The van der Waals surface area contributed by atoms with Gasteiger partial charge in [-0.3, -0.25) is 4.79 Å². The van der Waals surface area contributed by atoms with Gasteiger partial charge < -0.3 is 20.4 Å². The number of anilines is 2. The highest BCUT2D eigenvalue weighted by Gasteiger charge is 2.32. The first-order chi connectivity index (χ1) is 10.1. The van der Waals surface area contributed by atoms with Gasteiger partial charge in [0.25, 0.3) is 5.91 Å². The van der Waals surface area contributed by atoms with Crippen LogP contribution in [0.1, 0.15) is 37.4 Å². The van der Waals surface area contributed by atoms with Crippen LogP contribution in [0, 0.1) is 0 Å². The number of amides is 1. The van der Waals surface area contributed by atoms with Crippen LogP contribution in [0.5, 0.6) is 0 Å². The van der Waals surface area contributed by atoms with Gasteiger partial charge in [-0.1, -0.05) is 11.6 Å². The summed E-state index contributed by atoms with van der Waals surface area (Å²) < 4.78 is 0. The van der Waals surface area contributed by atoms with Gasteiger partial charge in [0.2, 0.25) is 0 Å². The van der Waals surface area contributed by atoms with Crippen molar-refractivity contribution in [2.24, 2.45) is 0 Å². The van der Waals surface area contributed by atoms with E-state index in [0.29, 0.717) is 22.3 Å². The van der Waals surface area contributed by atoms with E-state index in [1.165, 1.54) is 0 Å². The minimum Gasteiger partial charge on any atom is -0.396 e. The molecule has 0 bridgehead atoms. The molecule has 0 spiro atoms. The van der Waals surface area contributed by atoms with Crippen molar-refractivity contribution in [1.82, 2.24) is 0 Å². The lowest BCUT2D eigenvalue weighted by Gasteiger charge is -2.28. The highest BCUT2D eigenvalue weighted by Crippen LogP contribution is 2.41. The number of fused-ring (bicyclic) bond motifs is 1. The number of aliphatic hydroxyl groups excluding tert-OH is 2. The van der Waals surface area contributed by atoms with Crippen molar-refractivity contribution in [3.8, 4) is 0 Å². The molecule has 0 radical (unpaired) electrons. The van der Waals surface area contributed by atoms with E-state index in [2.05, 4.69) is 10.2 Å². The Balaban J connectivity index is 1.89. The summed E-state index contributed by atoms with van der Waals surface area (Å²) in [6.45, 7) is 1.12. The van der Waals surface area contributed by atoms with Crippen LogP contribution in [0.2, 0.25) is 5.02 Å². The number of rotatable bonds is 4. The number of benzene rings is 1. The van der Waals surface area contributed by atoms with Gasteiger partial charge in [0.1, 0.15) is 0 Å². The van der Waals surface area contributed by atoms with Crippen LogP contribution in [-0.2, 0) is 4.79 Å². The quantitative estimate of drug-likeness (QED) is 0.796. The third-order valence-electron chi connectivity index (χ3n) is 4.30. The van der Waals surface area contributed by atoms with Gasteiger partial charge in [0.05, 0.1) is 10.7 Å². The average molecular weight is 311 g/mol. The molecule has 0 saturated carbocycles. The fourth-order valence-corrected chi connectivity index (χ4v) is 3.53. The molecular formula is C15H19ClN2O3. The van der Waals surface area contributed by atoms with Crippen molar-refractivity contribution in [3.63, 3.8) is 0 Å². The summed E-state index contributed by atoms with van der Waals surface area (Å²) >= 11 is 6.36. The van der Waals surface area contributed by atoms with Crippen molar-refractivity contribution in [2.45, 2.75) is 37.8 Å². The van der Waals surface area contributed by atoms with E-state index in [9.17, 15) is 9.90 Å². The third-order valence-corrected chi connectivity index (χ3v) is 4.60. The molecule has 1 saturated heterocycles. The topological polar surface area (TPSA) is 72.8 Å². The van der Waals surface area contributed by atoms with E-state index in [0.717, 1.165) is 37.9 Å². The monoisotopic (exact) mass is 310 g/mol. The molecule has 21 heavy (non-hydrogen) atoms. The summed E-state index contributed by atoms with van der Waals surface area (Å²) in [5.41, 5.74) is 2.07. The van der Waals surface area contributed by atoms with Crippen molar-refractivity contribution in [2.75, 3.05) is 23.4 Å². The fourth-order valence-electron chi connectivity index (χ4n) is 3.25. The smallest absolute Gasteiger partial charge is 0.257 e. The minimum absolute atomic E-state index is 0.199. The molecule has 3 N–H and O–H groups in total. The van der Waals surface area contributed by atoms with E-state index in [1.54, 1.807) is 6.07 Å². The highest BCUT2D eigenvalue weighted by atomic mass is 35.5. The largest absolute Gasteiger partial charge is 0.396 e. The number of nitrogens with zero attached hydrogens (tertiary/aromatic N) is 1. The molecule has 6 heteroatoms. The van der Waals surface area contributed by atoms with Gasteiger partial charge in [-0.25, -0.2) is 0 Å². The van der Waals surface area contributed by atoms with Crippen LogP contribution in [0.25, 0.3) is 0 Å². The molecule has 3 rings (SSSR count). The van der Waals surface area contributed by atoms with Gasteiger partial charge in [0.15, 0.2) is 6.10 Å². The summed E-state index contributed by atoms with van der Waals surface area (Å²) in [6, 6.07) is 3.90. The Kier molecular flexibility index (Phi) is 4.06. The molecule has 5 nitrogen and oxygen atoms in total. The summed E-state index contributed by atoms with van der Waals surface area (Å²) in [4.78, 5) is 13.8. The number of aliphatic hydroxyl groups is 2. The lowest BCUT2D eigenvalue weighted by Crippen LogP contribution is -2.29. The Morgan fingerprint density at radius 1 is 1.43 bits per heavy atom. The van der Waals surface area contributed by atoms with Crippen molar-refractivity contribution in [1.29, 1.82) is 0 Å². The Labute approximate surface area is 128 Å². The predicted molar refractivity (Wildman–Crippen MR) is 81.7 cm³/mol. The number of carbonyl (C=O) groups is 1. The van der Waals surface area contributed by atoms with Crippen molar-refractivity contribution in [3.05, 3.63) is 22.7 Å². The summed E-state index contributed by atoms with van der Waals surface area (Å²) in [5, 5.41) is 22.0. The van der Waals surface area contributed by atoms with E-state index in [1.807, 2.05) is 6.07 Å². The van der Waals surface area contributed by atoms with Crippen LogP contribution in [-0.4, -0.2) is 35.3 Å². The van der Waals surface area contributed by atoms with Crippen LogP contribution in [0.15, 0.2) is 12.1 Å². The predicted octanol–water partition coefficient (Wildman–Crippen LogP) is 2.07. The molecule has 2 atom stereocenters. The molecule has 114 valence electrons. The Bertz CT molecular complexity index is 564. The normalized spacial score (nSPS) is 24.3. The maximum Gasteiger partial charge on any atom is 0.257 e. The molecule has 1 aromatic carbocycles. The van der Waals surface area contributed by atoms with Crippen LogP contribution in [0.4, 0.5) is 11.4 Å². The van der Waals surface area contributed by atoms with E-state index in [-0.39, 0.29) is 6.61 Å². The van der Waals surface area contributed by atoms with E-state index < -0.39 is 12.0 Å². The Morgan fingerprint density at radius 2 is 2.24 bits per heavy atom. The van der Waals surface area contributed by atoms with Crippen LogP contribution in [0.3, 0.4) is 0 Å². The highest BCUT2D eigenvalue weighted by molar-refractivity contribution is 6.33. The second-order valence-corrected chi connectivity index (χ2v) is 6.05. The number of nitrogens with one attached hydrogen (secondary N) is 1. The maximum absolute atomic E-state index is 11.5. The zero-order valence-electron chi connectivity index (χ0n) is 11.7. The number of hydrogen-bond donors (Lipinski definition) is 3. The van der Waals surface area contributed by atoms with Crippen LogP contribution < -0.4 is 10.2 Å². The zero-order chi connectivity index (χ0) is 15.0. The molecule has 2 heterocycles. The van der Waals surface area contributed by atoms with Gasteiger partial charge >= 0.3 is 0 Å². The molecule has 2 unspecified atom stereocenters. The lowest BCUT2D eigenvalue weighted by molar-refractivity contribution is -0.123. The number of hydrogen-bond acceptors (Lipinski definition) is 4. The molecular weight excluding hydrogens is 292 g/mol. The first-order valence-electron chi connectivity index (χ1n) is 7.31. The van der Waals surface area contributed by atoms with Crippen molar-refractivity contribution < 1.29 is 15.0 Å². The molecule has 2 aliphatic rings. The number of halogens is 1. The molecule has 2 aliphatic heterocycles. The van der Waals surface area contributed by atoms with E-state index in [4.69, 9.17) is 16.7 Å². The standard InChI is InChI=1S/C15H19ClN2O3/c16-11-7-10-12(17-15(21)14(10)20)8-13(11)18-5-1-3-9(18)4-2-6-19/h7-9,14,19-20H,1-6H2,(H,17,21). The minimum atomic E-state index is -1.13. The Hall–Kier alpha value is -1.30. The van der Waals surface area contributed by atoms with E-state index >= 15 is 0 Å². The van der Waals surface area contributed by atoms with Gasteiger partial charge in [-0.15, -0.1) is 0 Å². The van der Waals surface area contributed by atoms with Crippen LogP contribution >= 0.6 is 11.6 Å². The molecule has 1 aromatic rings. The zero-order valence-corrected chi connectivity index (χ0v) is 12.4. The molecule has 1 fully saturated rings. The van der Waals surface area contributed by atoms with Gasteiger partial charge in [-0.05, 0) is 37.8 Å². The lowest BCUT2D eigenvalue weighted by atomic mass is 10.1. The number of carbonyl (C=O) groups excluding carboxylic acids is 1. The van der Waals surface area contributed by atoms with Gasteiger partial charge in [-0.2, -0.15) is 0 Å². The molecule has 1 amide bonds. The second-order valence-electron chi connectivity index (χ2n) is 5.64. The Morgan fingerprint density at radius 3 is 3.00 bits per heavy atom. The third kappa shape index (κ3) is 2.61. The van der Waals surface area contributed by atoms with Crippen molar-refractivity contribution >= 4 is 28.9 Å². The molecule has 0 aromatic heterocycles. The summed E-state index contributed by atoms with van der Waals surface area (Å²) in [7, 11) is 0. The first kappa shape index (κ1) is 14.6. The first-order valence-corrected chi connectivity index (χ1v) is 7.69. The maximum atomic E-state index is 11.5.